The zero-order valence-electron chi connectivity index (χ0n) is 21.3. The highest BCUT2D eigenvalue weighted by atomic mass is 35.5. The predicted octanol–water partition coefficient (Wildman–Crippen LogP) is 3.90. The van der Waals surface area contributed by atoms with Gasteiger partial charge in [0.2, 0.25) is 5.91 Å². The van der Waals surface area contributed by atoms with Gasteiger partial charge in [0, 0.05) is 41.8 Å². The molecule has 37 heavy (non-hydrogen) atoms. The van der Waals surface area contributed by atoms with Crippen LogP contribution in [0.2, 0.25) is 5.02 Å². The Morgan fingerprint density at radius 3 is 2.30 bits per heavy atom. The van der Waals surface area contributed by atoms with Crippen molar-refractivity contribution in [2.24, 2.45) is 0 Å². The fourth-order valence-corrected chi connectivity index (χ4v) is 5.57. The topological polar surface area (TPSA) is 109 Å². The second-order valence-electron chi connectivity index (χ2n) is 10.5. The number of Topliss-reactive ketones (excluding diaryl/α,β-unsaturated/α-hetero) is 1. The Hall–Kier alpha value is -3.27. The van der Waals surface area contributed by atoms with Gasteiger partial charge in [-0.15, -0.1) is 0 Å². The van der Waals surface area contributed by atoms with E-state index >= 15 is 0 Å². The first-order valence-electron chi connectivity index (χ1n) is 11.9. The number of aryl methyl sites for hydroxylation is 1. The number of nitrogens with one attached hydrogen (secondary N) is 3. The number of alkyl halides is 2. The van der Waals surface area contributed by atoms with Crippen LogP contribution in [0, 0.1) is 13.8 Å². The number of anilines is 1. The van der Waals surface area contributed by atoms with Gasteiger partial charge in [0.25, 0.3) is 23.5 Å². The Labute approximate surface area is 218 Å². The molecule has 0 unspecified atom stereocenters. The maximum atomic E-state index is 13.7. The van der Waals surface area contributed by atoms with Crippen molar-refractivity contribution in [1.29, 1.82) is 0 Å². The molecule has 1 fully saturated rings. The number of benzene rings is 1. The Balaban J connectivity index is 1.69. The van der Waals surface area contributed by atoms with Gasteiger partial charge in [-0.2, -0.15) is 0 Å². The molecule has 1 aliphatic heterocycles. The first-order valence-corrected chi connectivity index (χ1v) is 12.3. The summed E-state index contributed by atoms with van der Waals surface area (Å²) in [5.74, 6) is -6.54. The molecule has 1 aromatic heterocycles. The lowest BCUT2D eigenvalue weighted by Gasteiger charge is -2.45. The van der Waals surface area contributed by atoms with Crippen molar-refractivity contribution < 1.29 is 28.0 Å². The number of ketones is 1. The summed E-state index contributed by atoms with van der Waals surface area (Å²) in [6, 6.07) is 5.09. The molecule has 0 spiro atoms. The molecule has 1 aliphatic carbocycles. The van der Waals surface area contributed by atoms with Crippen LogP contribution >= 0.6 is 11.6 Å². The molecule has 0 radical (unpaired) electrons. The van der Waals surface area contributed by atoms with Gasteiger partial charge >= 0.3 is 0 Å². The Kier molecular flexibility index (Phi) is 6.47. The number of amides is 3. The SMILES string of the molecule is CNC(=O)C1(NC(=O)C(=O)c2c(C)c(C(=O)Nc3ccc(C)c(Cl)c3)n3c2CCC3(C)C)CC(F)(F)C1. The number of aromatic nitrogens is 1. The lowest BCUT2D eigenvalue weighted by atomic mass is 9.72. The highest BCUT2D eigenvalue weighted by molar-refractivity contribution is 6.44. The molecule has 0 saturated heterocycles. The van der Waals surface area contributed by atoms with Gasteiger partial charge in [-0.25, -0.2) is 8.78 Å². The van der Waals surface area contributed by atoms with Crippen LogP contribution in [-0.2, 0) is 21.5 Å². The molecule has 3 N–H and O–H groups in total. The van der Waals surface area contributed by atoms with Gasteiger partial charge in [0.15, 0.2) is 0 Å². The zero-order valence-corrected chi connectivity index (χ0v) is 22.0. The van der Waals surface area contributed by atoms with Crippen LogP contribution < -0.4 is 16.0 Å². The summed E-state index contributed by atoms with van der Waals surface area (Å²) in [5, 5.41) is 7.83. The van der Waals surface area contributed by atoms with E-state index in [4.69, 9.17) is 11.6 Å². The average Bonchev–Trinajstić information content (AvgIpc) is 3.26. The normalized spacial score (nSPS) is 18.4. The highest BCUT2D eigenvalue weighted by Crippen LogP contribution is 2.46. The predicted molar refractivity (Wildman–Crippen MR) is 134 cm³/mol. The van der Waals surface area contributed by atoms with Gasteiger partial charge in [0.1, 0.15) is 11.2 Å². The lowest BCUT2D eigenvalue weighted by Crippen LogP contribution is -2.69. The van der Waals surface area contributed by atoms with Crippen LogP contribution in [0.1, 0.15) is 70.8 Å². The van der Waals surface area contributed by atoms with Crippen LogP contribution in [0.3, 0.4) is 0 Å². The van der Waals surface area contributed by atoms with Crippen LogP contribution in [-0.4, -0.2) is 46.6 Å². The Morgan fingerprint density at radius 2 is 1.73 bits per heavy atom. The van der Waals surface area contributed by atoms with E-state index in [1.165, 1.54) is 7.05 Å². The summed E-state index contributed by atoms with van der Waals surface area (Å²) in [6.07, 6.45) is -0.739. The van der Waals surface area contributed by atoms with Crippen molar-refractivity contribution in [1.82, 2.24) is 15.2 Å². The van der Waals surface area contributed by atoms with Crippen LogP contribution in [0.15, 0.2) is 18.2 Å². The van der Waals surface area contributed by atoms with Gasteiger partial charge in [0.05, 0.1) is 5.56 Å². The average molecular weight is 535 g/mol. The number of rotatable bonds is 6. The summed E-state index contributed by atoms with van der Waals surface area (Å²) in [5.41, 5.74) is 0.00980. The molecule has 1 saturated carbocycles. The summed E-state index contributed by atoms with van der Waals surface area (Å²) in [7, 11) is 1.27. The van der Waals surface area contributed by atoms with Gasteiger partial charge < -0.3 is 20.5 Å². The highest BCUT2D eigenvalue weighted by Gasteiger charge is 2.62. The van der Waals surface area contributed by atoms with E-state index in [0.29, 0.717) is 34.8 Å². The minimum absolute atomic E-state index is 0.0494. The van der Waals surface area contributed by atoms with E-state index in [0.717, 1.165) is 5.56 Å². The summed E-state index contributed by atoms with van der Waals surface area (Å²) >= 11 is 6.19. The first-order chi connectivity index (χ1) is 17.1. The summed E-state index contributed by atoms with van der Waals surface area (Å²) in [6.45, 7) is 7.26. The van der Waals surface area contributed by atoms with E-state index in [1.807, 2.05) is 20.8 Å². The number of carbonyl (C=O) groups is 4. The van der Waals surface area contributed by atoms with Crippen molar-refractivity contribution in [3.8, 4) is 0 Å². The molecule has 2 heterocycles. The third kappa shape index (κ3) is 4.52. The van der Waals surface area contributed by atoms with E-state index in [2.05, 4.69) is 16.0 Å². The molecular weight excluding hydrogens is 506 g/mol. The minimum Gasteiger partial charge on any atom is -0.357 e. The van der Waals surface area contributed by atoms with Crippen LogP contribution in [0.5, 0.6) is 0 Å². The largest absolute Gasteiger partial charge is 0.357 e. The van der Waals surface area contributed by atoms with Crippen molar-refractivity contribution in [2.75, 3.05) is 12.4 Å². The van der Waals surface area contributed by atoms with Crippen molar-refractivity contribution in [2.45, 2.75) is 70.4 Å². The fourth-order valence-electron chi connectivity index (χ4n) is 5.39. The first kappa shape index (κ1) is 26.8. The smallest absolute Gasteiger partial charge is 0.293 e. The maximum Gasteiger partial charge on any atom is 0.293 e. The summed E-state index contributed by atoms with van der Waals surface area (Å²) in [4.78, 5) is 52.2. The summed E-state index contributed by atoms with van der Waals surface area (Å²) < 4.78 is 29.1. The number of likely N-dealkylation sites (N-methyl/N-ethyl adjacent to an activating group) is 1. The van der Waals surface area contributed by atoms with Gasteiger partial charge in [-0.1, -0.05) is 17.7 Å². The molecule has 1 aromatic carbocycles. The quantitative estimate of drug-likeness (QED) is 0.385. The second kappa shape index (κ2) is 8.93. The third-order valence-electron chi connectivity index (χ3n) is 7.30. The number of halogens is 3. The Morgan fingerprint density at radius 1 is 1.08 bits per heavy atom. The monoisotopic (exact) mass is 534 g/mol. The van der Waals surface area contributed by atoms with Crippen molar-refractivity contribution in [3.05, 3.63) is 51.3 Å². The van der Waals surface area contributed by atoms with Crippen molar-refractivity contribution in [3.63, 3.8) is 0 Å². The van der Waals surface area contributed by atoms with E-state index < -0.39 is 53.3 Å². The zero-order chi connectivity index (χ0) is 27.5. The number of hydrogen-bond acceptors (Lipinski definition) is 4. The van der Waals surface area contributed by atoms with Crippen LogP contribution in [0.4, 0.5) is 14.5 Å². The van der Waals surface area contributed by atoms with E-state index in [9.17, 15) is 28.0 Å². The fraction of sp³-hybridized carbons (Fsp3) is 0.462. The molecular formula is C26H29ClF2N4O4. The molecule has 2 aromatic rings. The molecule has 3 amide bonds. The second-order valence-corrected chi connectivity index (χ2v) is 10.9. The number of nitrogens with zero attached hydrogens (tertiary/aromatic N) is 1. The third-order valence-corrected chi connectivity index (χ3v) is 7.71. The maximum absolute atomic E-state index is 13.7. The van der Waals surface area contributed by atoms with E-state index in [-0.39, 0.29) is 11.3 Å². The van der Waals surface area contributed by atoms with Crippen LogP contribution in [0.25, 0.3) is 0 Å². The van der Waals surface area contributed by atoms with E-state index in [1.54, 1.807) is 29.7 Å². The molecule has 0 bridgehead atoms. The van der Waals surface area contributed by atoms with Gasteiger partial charge in [-0.05, 0) is 63.8 Å². The van der Waals surface area contributed by atoms with Gasteiger partial charge in [-0.3, -0.25) is 19.2 Å². The molecule has 8 nitrogen and oxygen atoms in total. The molecule has 2 aliphatic rings. The minimum atomic E-state index is -3.12. The number of carbonyl (C=O) groups excluding carboxylic acids is 4. The molecule has 11 heteroatoms. The van der Waals surface area contributed by atoms with Crippen molar-refractivity contribution >= 4 is 40.8 Å². The lowest BCUT2D eigenvalue weighted by molar-refractivity contribution is -0.164. The Bertz CT molecular complexity index is 1340. The number of fused-ring (bicyclic) bond motifs is 1. The molecule has 0 atom stereocenters. The standard InChI is InChI=1S/C26H29ClF2N4O4/c1-13-6-7-15(10-16(13)27)31-21(35)19-14(2)18(17-8-9-24(3,4)33(17)19)20(34)22(36)32-25(23(37)30-5)11-26(28,29)12-25/h6-7,10H,8-9,11-12H2,1-5H3,(H,30,37)(H,31,35)(H,32,36). The molecule has 4 rings (SSSR count). The molecule has 198 valence electrons. The number of hydrogen-bond donors (Lipinski definition) is 3.